The molecule has 0 atom stereocenters. The first kappa shape index (κ1) is 23.4. The third-order valence-electron chi connectivity index (χ3n) is 8.06. The summed E-state index contributed by atoms with van der Waals surface area (Å²) in [5.74, 6) is 0.406. The number of rotatable bonds is 5. The van der Waals surface area contributed by atoms with Crippen molar-refractivity contribution < 1.29 is 13.2 Å². The maximum atomic E-state index is 13.5. The van der Waals surface area contributed by atoms with Gasteiger partial charge in [-0.25, -0.2) is 19.3 Å². The van der Waals surface area contributed by atoms with Crippen LogP contribution in [0.25, 0.3) is 16.9 Å². The normalized spacial score (nSPS) is 18.9. The Kier molecular flexibility index (Phi) is 4.86. The van der Waals surface area contributed by atoms with Crippen molar-refractivity contribution in [1.82, 2.24) is 29.6 Å². The predicted molar refractivity (Wildman–Crippen MR) is 136 cm³/mol. The molecule has 3 aliphatic rings. The highest BCUT2D eigenvalue weighted by Gasteiger charge is 2.46. The molecule has 4 heterocycles. The number of pyridine rings is 1. The second-order valence-electron chi connectivity index (χ2n) is 10.9. The minimum absolute atomic E-state index is 0.00294. The molecule has 0 amide bonds. The van der Waals surface area contributed by atoms with Gasteiger partial charge in [-0.3, -0.25) is 4.79 Å². The number of nitrogens with one attached hydrogen (secondary N) is 2. The van der Waals surface area contributed by atoms with Crippen LogP contribution in [0.15, 0.2) is 47.4 Å². The molecule has 38 heavy (non-hydrogen) atoms. The summed E-state index contributed by atoms with van der Waals surface area (Å²) in [5, 5.41) is 6.79. The van der Waals surface area contributed by atoms with E-state index in [-0.39, 0.29) is 33.8 Å². The van der Waals surface area contributed by atoms with Crippen molar-refractivity contribution in [3.63, 3.8) is 0 Å². The molecule has 0 bridgehead atoms. The summed E-state index contributed by atoms with van der Waals surface area (Å²) in [5.41, 5.74) is 3.41. The summed E-state index contributed by atoms with van der Waals surface area (Å²) in [6.45, 7) is 1.53. The number of hydrogen-bond acceptors (Lipinski definition) is 6. The summed E-state index contributed by atoms with van der Waals surface area (Å²) in [6.07, 6.45) is 1.76. The number of hydrogen-bond donors (Lipinski definition) is 2. The third-order valence-corrected chi connectivity index (χ3v) is 8.06. The molecule has 0 saturated heterocycles. The van der Waals surface area contributed by atoms with E-state index in [0.29, 0.717) is 4.68 Å². The fourth-order valence-corrected chi connectivity index (χ4v) is 5.53. The summed E-state index contributed by atoms with van der Waals surface area (Å²) in [7, 11) is 0. The van der Waals surface area contributed by atoms with Crippen molar-refractivity contribution in [1.29, 1.82) is 0 Å². The topological polar surface area (TPSA) is 89.7 Å². The van der Waals surface area contributed by atoms with Gasteiger partial charge in [0.1, 0.15) is 11.9 Å². The average Bonchev–Trinajstić information content (AvgIpc) is 3.80. The van der Waals surface area contributed by atoms with Crippen molar-refractivity contribution in [3.8, 4) is 5.82 Å². The van der Waals surface area contributed by atoms with Crippen molar-refractivity contribution in [2.75, 3.05) is 11.9 Å². The van der Waals surface area contributed by atoms with E-state index in [1.807, 2.05) is 12.1 Å². The number of aromatic nitrogens is 5. The molecular formula is C27H26F3N7O. The molecule has 2 saturated carbocycles. The highest BCUT2D eigenvalue weighted by Crippen LogP contribution is 2.49. The Hall–Kier alpha value is -3.73. The van der Waals surface area contributed by atoms with E-state index in [2.05, 4.69) is 44.6 Å². The Morgan fingerprint density at radius 2 is 1.92 bits per heavy atom. The van der Waals surface area contributed by atoms with Crippen LogP contribution in [-0.4, -0.2) is 37.0 Å². The monoisotopic (exact) mass is 521 g/mol. The van der Waals surface area contributed by atoms with Crippen LogP contribution in [0, 0.1) is 0 Å². The Bertz CT molecular complexity index is 1650. The van der Waals surface area contributed by atoms with Gasteiger partial charge in [-0.05, 0) is 67.5 Å². The molecule has 3 aromatic heterocycles. The lowest BCUT2D eigenvalue weighted by Gasteiger charge is -2.27. The maximum absolute atomic E-state index is 13.5. The zero-order chi connectivity index (χ0) is 26.3. The lowest BCUT2D eigenvalue weighted by atomic mass is 9.92. The molecule has 8 nitrogen and oxygen atoms in total. The number of anilines is 2. The highest BCUT2D eigenvalue weighted by molar-refractivity contribution is 5.77. The number of halogens is 3. The van der Waals surface area contributed by atoms with Gasteiger partial charge < -0.3 is 10.6 Å². The van der Waals surface area contributed by atoms with Crippen LogP contribution in [-0.2, 0) is 23.9 Å². The van der Waals surface area contributed by atoms with Crippen molar-refractivity contribution in [2.24, 2.45) is 0 Å². The second kappa shape index (κ2) is 7.89. The molecule has 2 fully saturated rings. The van der Waals surface area contributed by atoms with Gasteiger partial charge in [0, 0.05) is 35.1 Å². The number of nitrogens with zero attached hydrogens (tertiary/aromatic N) is 5. The quantitative estimate of drug-likeness (QED) is 0.403. The van der Waals surface area contributed by atoms with Crippen LogP contribution in [0.2, 0.25) is 0 Å². The van der Waals surface area contributed by atoms with E-state index in [9.17, 15) is 18.0 Å². The lowest BCUT2D eigenvalue weighted by molar-refractivity contribution is -0.144. The Morgan fingerprint density at radius 3 is 2.66 bits per heavy atom. The van der Waals surface area contributed by atoms with Crippen molar-refractivity contribution in [2.45, 2.75) is 62.7 Å². The van der Waals surface area contributed by atoms with Crippen LogP contribution in [0.3, 0.4) is 0 Å². The SMILES string of the molecule is CC1(c2cccc(-n3c4nc(Nc5ccc6c(c5)CCNC65CC5)ncc4c(=O)n3CC(F)(F)F)n2)CC1. The third kappa shape index (κ3) is 3.87. The number of alkyl halides is 3. The Labute approximate surface area is 215 Å². The van der Waals surface area contributed by atoms with Crippen LogP contribution in [0.5, 0.6) is 0 Å². The summed E-state index contributed by atoms with van der Waals surface area (Å²) < 4.78 is 42.4. The fourth-order valence-electron chi connectivity index (χ4n) is 5.53. The molecule has 2 N–H and O–H groups in total. The van der Waals surface area contributed by atoms with Crippen LogP contribution in [0.1, 0.15) is 49.4 Å². The van der Waals surface area contributed by atoms with Crippen molar-refractivity contribution in [3.05, 3.63) is 69.8 Å². The molecule has 1 aliphatic heterocycles. The largest absolute Gasteiger partial charge is 0.408 e. The molecule has 0 radical (unpaired) electrons. The molecule has 2 aliphatic carbocycles. The maximum Gasteiger partial charge on any atom is 0.408 e. The van der Waals surface area contributed by atoms with E-state index in [1.165, 1.54) is 22.0 Å². The van der Waals surface area contributed by atoms with Gasteiger partial charge in [0.25, 0.3) is 5.56 Å². The first-order valence-corrected chi connectivity index (χ1v) is 12.8. The molecule has 0 unspecified atom stereocenters. The standard InChI is InChI=1S/C27H26F3N7O/c1-25(8-9-25)20-3-2-4-21(34-20)37-22-18(23(38)36(37)15-27(28,29)30)14-31-24(35-22)33-17-5-6-19-16(13-17)7-12-32-26(19)10-11-26/h2-6,13-14,32H,7-12,15H2,1H3,(H,31,33,35). The molecule has 1 aromatic carbocycles. The minimum Gasteiger partial charge on any atom is -0.324 e. The molecule has 196 valence electrons. The zero-order valence-electron chi connectivity index (χ0n) is 20.8. The minimum atomic E-state index is -4.61. The van der Waals surface area contributed by atoms with Gasteiger partial charge >= 0.3 is 6.18 Å². The van der Waals surface area contributed by atoms with Gasteiger partial charge in [-0.1, -0.05) is 19.1 Å². The van der Waals surface area contributed by atoms with Crippen LogP contribution in [0.4, 0.5) is 24.8 Å². The zero-order valence-corrected chi connectivity index (χ0v) is 20.8. The highest BCUT2D eigenvalue weighted by atomic mass is 19.4. The summed E-state index contributed by atoms with van der Waals surface area (Å²) in [6, 6.07) is 11.4. The molecule has 1 spiro atoms. The van der Waals surface area contributed by atoms with Gasteiger partial charge in [0.05, 0.1) is 0 Å². The van der Waals surface area contributed by atoms with Gasteiger partial charge in [-0.2, -0.15) is 18.2 Å². The number of fused-ring (bicyclic) bond motifs is 3. The lowest BCUT2D eigenvalue weighted by Crippen LogP contribution is -2.36. The van der Waals surface area contributed by atoms with Gasteiger partial charge in [-0.15, -0.1) is 0 Å². The first-order valence-electron chi connectivity index (χ1n) is 12.8. The smallest absolute Gasteiger partial charge is 0.324 e. The van der Waals surface area contributed by atoms with Crippen LogP contribution >= 0.6 is 0 Å². The molecule has 4 aromatic rings. The Balaban J connectivity index is 1.32. The molecular weight excluding hydrogens is 495 g/mol. The fraction of sp³-hybridized carbons (Fsp3) is 0.407. The molecule has 11 heteroatoms. The molecule has 7 rings (SSSR count). The van der Waals surface area contributed by atoms with E-state index < -0.39 is 18.3 Å². The average molecular weight is 522 g/mol. The first-order chi connectivity index (χ1) is 18.1. The summed E-state index contributed by atoms with van der Waals surface area (Å²) in [4.78, 5) is 26.5. The van der Waals surface area contributed by atoms with E-state index in [1.54, 1.807) is 12.1 Å². The summed E-state index contributed by atoms with van der Waals surface area (Å²) >= 11 is 0. The second-order valence-corrected chi connectivity index (χ2v) is 10.9. The van der Waals surface area contributed by atoms with E-state index in [0.717, 1.165) is 50.0 Å². The van der Waals surface area contributed by atoms with E-state index >= 15 is 0 Å². The van der Waals surface area contributed by atoms with Crippen LogP contribution < -0.4 is 16.2 Å². The van der Waals surface area contributed by atoms with Crippen molar-refractivity contribution >= 4 is 22.7 Å². The number of benzene rings is 1. The van der Waals surface area contributed by atoms with E-state index in [4.69, 9.17) is 0 Å². The Morgan fingerprint density at radius 1 is 1.11 bits per heavy atom. The van der Waals surface area contributed by atoms with Gasteiger partial charge in [0.2, 0.25) is 5.95 Å². The van der Waals surface area contributed by atoms with Gasteiger partial charge in [0.15, 0.2) is 11.5 Å². The predicted octanol–water partition coefficient (Wildman–Crippen LogP) is 4.47.